The van der Waals surface area contributed by atoms with E-state index >= 15 is 0 Å². The van der Waals surface area contributed by atoms with E-state index in [-0.39, 0.29) is 5.97 Å². The Morgan fingerprint density at radius 3 is 2.40 bits per heavy atom. The van der Waals surface area contributed by atoms with Crippen molar-refractivity contribution in [2.45, 2.75) is 12.5 Å². The van der Waals surface area contributed by atoms with Gasteiger partial charge in [-0.15, -0.1) is 0 Å². The molecule has 0 radical (unpaired) electrons. The number of ether oxygens (including phenoxy) is 1. The van der Waals surface area contributed by atoms with Crippen LogP contribution in [0.25, 0.3) is 0 Å². The Kier molecular flexibility index (Phi) is 5.18. The molecule has 2 rings (SSSR count). The zero-order chi connectivity index (χ0) is 14.4. The SMILES string of the molecule is COC(=O)C(Cc1ccc(Br)cc1)Nc1ccccc1. The minimum absolute atomic E-state index is 0.267. The van der Waals surface area contributed by atoms with Crippen LogP contribution in [0.15, 0.2) is 59.1 Å². The highest BCUT2D eigenvalue weighted by Gasteiger charge is 2.19. The van der Waals surface area contributed by atoms with Gasteiger partial charge in [-0.1, -0.05) is 46.3 Å². The predicted molar refractivity (Wildman–Crippen MR) is 83.7 cm³/mol. The lowest BCUT2D eigenvalue weighted by atomic mass is 10.1. The lowest BCUT2D eigenvalue weighted by molar-refractivity contribution is -0.141. The number of benzene rings is 2. The smallest absolute Gasteiger partial charge is 0.328 e. The number of methoxy groups -OCH3 is 1. The number of rotatable bonds is 5. The second-order valence-corrected chi connectivity index (χ2v) is 5.33. The van der Waals surface area contributed by atoms with Gasteiger partial charge in [-0.2, -0.15) is 0 Å². The number of carbonyl (C=O) groups is 1. The van der Waals surface area contributed by atoms with E-state index in [0.29, 0.717) is 6.42 Å². The third-order valence-electron chi connectivity index (χ3n) is 2.95. The molecule has 0 saturated heterocycles. The topological polar surface area (TPSA) is 38.3 Å². The largest absolute Gasteiger partial charge is 0.467 e. The van der Waals surface area contributed by atoms with Crippen molar-refractivity contribution < 1.29 is 9.53 Å². The van der Waals surface area contributed by atoms with Crippen molar-refractivity contribution in [2.24, 2.45) is 0 Å². The van der Waals surface area contributed by atoms with Crippen molar-refractivity contribution in [1.82, 2.24) is 0 Å². The summed E-state index contributed by atoms with van der Waals surface area (Å²) in [6.07, 6.45) is 0.578. The highest BCUT2D eigenvalue weighted by molar-refractivity contribution is 9.10. The summed E-state index contributed by atoms with van der Waals surface area (Å²) in [7, 11) is 1.41. The third kappa shape index (κ3) is 4.10. The van der Waals surface area contributed by atoms with Crippen molar-refractivity contribution in [3.63, 3.8) is 0 Å². The number of nitrogens with one attached hydrogen (secondary N) is 1. The molecule has 0 heterocycles. The van der Waals surface area contributed by atoms with E-state index in [2.05, 4.69) is 21.2 Å². The molecule has 2 aromatic rings. The molecule has 0 bridgehead atoms. The average Bonchev–Trinajstić information content (AvgIpc) is 2.49. The standard InChI is InChI=1S/C16H16BrNO2/c1-20-16(19)15(18-14-5-3-2-4-6-14)11-12-7-9-13(17)10-8-12/h2-10,15,18H,11H2,1H3. The van der Waals surface area contributed by atoms with Crippen LogP contribution < -0.4 is 5.32 Å². The van der Waals surface area contributed by atoms with Crippen molar-refractivity contribution in [3.8, 4) is 0 Å². The molecule has 1 atom stereocenters. The van der Waals surface area contributed by atoms with Crippen LogP contribution in [-0.2, 0) is 16.0 Å². The number of para-hydroxylation sites is 1. The Bertz CT molecular complexity index is 554. The molecule has 0 aliphatic heterocycles. The van der Waals surface area contributed by atoms with Crippen LogP contribution in [0.1, 0.15) is 5.56 Å². The van der Waals surface area contributed by atoms with Crippen molar-refractivity contribution in [2.75, 3.05) is 12.4 Å². The van der Waals surface area contributed by atoms with E-state index in [1.807, 2.05) is 54.6 Å². The van der Waals surface area contributed by atoms with Gasteiger partial charge >= 0.3 is 5.97 Å². The van der Waals surface area contributed by atoms with Crippen LogP contribution in [0.5, 0.6) is 0 Å². The van der Waals surface area contributed by atoms with Gasteiger partial charge in [-0.05, 0) is 29.8 Å². The zero-order valence-corrected chi connectivity index (χ0v) is 12.8. The van der Waals surface area contributed by atoms with Crippen molar-refractivity contribution in [1.29, 1.82) is 0 Å². The normalized spacial score (nSPS) is 11.7. The number of halogens is 1. The van der Waals surface area contributed by atoms with Gasteiger partial charge < -0.3 is 10.1 Å². The van der Waals surface area contributed by atoms with Crippen molar-refractivity contribution in [3.05, 3.63) is 64.6 Å². The fourth-order valence-electron chi connectivity index (χ4n) is 1.93. The predicted octanol–water partition coefficient (Wildman–Crippen LogP) is 3.65. The van der Waals surface area contributed by atoms with Gasteiger partial charge in [0.05, 0.1) is 7.11 Å². The molecular weight excluding hydrogens is 318 g/mol. The monoisotopic (exact) mass is 333 g/mol. The third-order valence-corrected chi connectivity index (χ3v) is 3.48. The molecule has 3 nitrogen and oxygen atoms in total. The molecule has 1 unspecified atom stereocenters. The van der Waals surface area contributed by atoms with Gasteiger partial charge in [0.15, 0.2) is 0 Å². The summed E-state index contributed by atoms with van der Waals surface area (Å²) in [6.45, 7) is 0. The van der Waals surface area contributed by atoms with E-state index in [1.54, 1.807) is 0 Å². The molecular formula is C16H16BrNO2. The van der Waals surface area contributed by atoms with Gasteiger partial charge in [-0.3, -0.25) is 0 Å². The number of anilines is 1. The molecule has 104 valence electrons. The summed E-state index contributed by atoms with van der Waals surface area (Å²) in [5.74, 6) is -0.267. The quantitative estimate of drug-likeness (QED) is 0.849. The molecule has 0 aliphatic carbocycles. The first-order chi connectivity index (χ1) is 9.69. The summed E-state index contributed by atoms with van der Waals surface area (Å²) in [4.78, 5) is 11.9. The number of hydrogen-bond acceptors (Lipinski definition) is 3. The number of carbonyl (C=O) groups excluding carboxylic acids is 1. The summed E-state index contributed by atoms with van der Waals surface area (Å²) < 4.78 is 5.89. The molecule has 1 N–H and O–H groups in total. The van der Waals surface area contributed by atoms with Crippen molar-refractivity contribution >= 4 is 27.6 Å². The van der Waals surface area contributed by atoms with Gasteiger partial charge in [0.2, 0.25) is 0 Å². The van der Waals surface area contributed by atoms with Crippen LogP contribution in [0, 0.1) is 0 Å². The molecule has 20 heavy (non-hydrogen) atoms. The number of esters is 1. The maximum Gasteiger partial charge on any atom is 0.328 e. The van der Waals surface area contributed by atoms with E-state index in [9.17, 15) is 4.79 Å². The molecule has 0 spiro atoms. The average molecular weight is 334 g/mol. The second-order valence-electron chi connectivity index (χ2n) is 4.42. The van der Waals surface area contributed by atoms with Crippen LogP contribution in [0.3, 0.4) is 0 Å². The van der Waals surface area contributed by atoms with Crippen LogP contribution in [0.2, 0.25) is 0 Å². The molecule has 0 amide bonds. The summed E-state index contributed by atoms with van der Waals surface area (Å²) in [5.41, 5.74) is 1.98. The maximum atomic E-state index is 11.9. The maximum absolute atomic E-state index is 11.9. The van der Waals surface area contributed by atoms with Gasteiger partial charge in [0.25, 0.3) is 0 Å². The highest BCUT2D eigenvalue weighted by Crippen LogP contribution is 2.15. The van der Waals surface area contributed by atoms with Gasteiger partial charge in [0.1, 0.15) is 6.04 Å². The molecule has 0 fully saturated rings. The first-order valence-corrected chi connectivity index (χ1v) is 7.12. The van der Waals surface area contributed by atoms with Crippen LogP contribution >= 0.6 is 15.9 Å². The van der Waals surface area contributed by atoms with Gasteiger partial charge in [0, 0.05) is 16.6 Å². The van der Waals surface area contributed by atoms with Crippen LogP contribution in [-0.4, -0.2) is 19.1 Å². The molecule has 0 aliphatic rings. The summed E-state index contributed by atoms with van der Waals surface area (Å²) in [6, 6.07) is 17.2. The summed E-state index contributed by atoms with van der Waals surface area (Å²) >= 11 is 3.40. The minimum Gasteiger partial charge on any atom is -0.467 e. The number of hydrogen-bond donors (Lipinski definition) is 1. The van der Waals surface area contributed by atoms with Crippen LogP contribution in [0.4, 0.5) is 5.69 Å². The van der Waals surface area contributed by atoms with E-state index in [1.165, 1.54) is 7.11 Å². The van der Waals surface area contributed by atoms with E-state index < -0.39 is 6.04 Å². The second kappa shape index (κ2) is 7.10. The Morgan fingerprint density at radius 1 is 1.15 bits per heavy atom. The van der Waals surface area contributed by atoms with E-state index in [0.717, 1.165) is 15.7 Å². The lowest BCUT2D eigenvalue weighted by Crippen LogP contribution is -2.32. The molecule has 0 aromatic heterocycles. The summed E-state index contributed by atoms with van der Waals surface area (Å²) in [5, 5.41) is 3.21. The molecule has 2 aromatic carbocycles. The Labute approximate surface area is 127 Å². The van der Waals surface area contributed by atoms with Gasteiger partial charge in [-0.25, -0.2) is 4.79 Å². The Hall–Kier alpha value is -1.81. The first-order valence-electron chi connectivity index (χ1n) is 6.33. The minimum atomic E-state index is -0.399. The fraction of sp³-hybridized carbons (Fsp3) is 0.188. The Balaban J connectivity index is 2.11. The lowest BCUT2D eigenvalue weighted by Gasteiger charge is -2.17. The zero-order valence-electron chi connectivity index (χ0n) is 11.2. The molecule has 4 heteroatoms. The Morgan fingerprint density at radius 2 is 1.80 bits per heavy atom. The molecule has 0 saturated carbocycles. The van der Waals surface area contributed by atoms with E-state index in [4.69, 9.17) is 4.74 Å². The highest BCUT2D eigenvalue weighted by atomic mass is 79.9. The first kappa shape index (κ1) is 14.6. The fourth-order valence-corrected chi connectivity index (χ4v) is 2.19.